The minimum atomic E-state index is -0.743. The number of nitrogens with zero attached hydrogens (tertiary/aromatic N) is 4. The Balaban J connectivity index is 1.66. The Hall–Kier alpha value is -3.59. The van der Waals surface area contributed by atoms with Crippen molar-refractivity contribution < 1.29 is 4.74 Å². The van der Waals surface area contributed by atoms with Crippen LogP contribution in [0.1, 0.15) is 17.5 Å². The first-order valence-corrected chi connectivity index (χ1v) is 10.6. The molecule has 5 rings (SSSR count). The predicted molar refractivity (Wildman–Crippen MR) is 115 cm³/mol. The number of aromatic nitrogens is 5. The van der Waals surface area contributed by atoms with Crippen LogP contribution in [0.15, 0.2) is 64.5 Å². The summed E-state index contributed by atoms with van der Waals surface area (Å²) in [5, 5.41) is 15.5. The Kier molecular flexibility index (Phi) is 4.51. The minimum Gasteiger partial charge on any atom is -0.447 e. The van der Waals surface area contributed by atoms with Gasteiger partial charge in [-0.05, 0) is 31.4 Å². The topological polar surface area (TPSA) is 97.7 Å². The summed E-state index contributed by atoms with van der Waals surface area (Å²) >= 11 is 1.38. The Bertz CT molecular complexity index is 1280. The lowest BCUT2D eigenvalue weighted by Gasteiger charge is -2.17. The number of thioether (sulfide) groups is 1. The van der Waals surface area contributed by atoms with Crippen LogP contribution in [0.3, 0.4) is 0 Å². The van der Waals surface area contributed by atoms with E-state index in [9.17, 15) is 4.79 Å². The second-order valence-electron chi connectivity index (χ2n) is 6.77. The van der Waals surface area contributed by atoms with Crippen LogP contribution in [0.2, 0.25) is 0 Å². The molecule has 8 nitrogen and oxygen atoms in total. The second kappa shape index (κ2) is 7.34. The smallest absolute Gasteiger partial charge is 0.280 e. The first kappa shape index (κ1) is 18.4. The van der Waals surface area contributed by atoms with Gasteiger partial charge in [-0.2, -0.15) is 4.98 Å². The lowest BCUT2D eigenvalue weighted by molar-refractivity contribution is 0.223. The molecule has 2 aromatic heterocycles. The van der Waals surface area contributed by atoms with Crippen LogP contribution in [-0.4, -0.2) is 31.2 Å². The summed E-state index contributed by atoms with van der Waals surface area (Å²) in [6.45, 7) is 1.85. The highest BCUT2D eigenvalue weighted by atomic mass is 32.2. The van der Waals surface area contributed by atoms with E-state index in [1.807, 2.05) is 67.8 Å². The van der Waals surface area contributed by atoms with Gasteiger partial charge < -0.3 is 10.1 Å². The fourth-order valence-electron chi connectivity index (χ4n) is 3.49. The number of para-hydroxylation sites is 2. The van der Waals surface area contributed by atoms with E-state index in [-0.39, 0.29) is 5.56 Å². The number of ether oxygens (including phenoxy) is 1. The van der Waals surface area contributed by atoms with E-state index in [1.165, 1.54) is 16.4 Å². The Morgan fingerprint density at radius 1 is 1.07 bits per heavy atom. The van der Waals surface area contributed by atoms with Crippen LogP contribution in [-0.2, 0) is 0 Å². The molecule has 0 spiro atoms. The molecule has 0 saturated carbocycles. The number of H-pyrrole nitrogens is 1. The molecule has 2 aromatic carbocycles. The standard InChI is InChI=1S/C21H18N6O2S/c1-12-16(20(28)27(26-12)13-8-4-3-5-9-13)18-22-15-11-7-6-10-14(15)17-19(29-18)23-21(30-2)25-24-17/h3-11,18,22,26H,1-2H3/t18-/m1/s1. The van der Waals surface area contributed by atoms with Crippen LogP contribution in [0.5, 0.6) is 5.88 Å². The van der Waals surface area contributed by atoms with Crippen molar-refractivity contribution in [2.75, 3.05) is 11.6 Å². The van der Waals surface area contributed by atoms with Crippen molar-refractivity contribution in [1.29, 1.82) is 0 Å². The maximum atomic E-state index is 13.3. The Morgan fingerprint density at radius 3 is 2.63 bits per heavy atom. The number of rotatable bonds is 3. The third-order valence-corrected chi connectivity index (χ3v) is 5.45. The Labute approximate surface area is 176 Å². The number of aryl methyl sites for hydroxylation is 1. The lowest BCUT2D eigenvalue weighted by Crippen LogP contribution is -2.26. The quantitative estimate of drug-likeness (QED) is 0.491. The van der Waals surface area contributed by atoms with Crippen LogP contribution in [0.25, 0.3) is 16.9 Å². The van der Waals surface area contributed by atoms with Gasteiger partial charge in [0.25, 0.3) is 5.56 Å². The van der Waals surface area contributed by atoms with E-state index in [0.29, 0.717) is 28.0 Å². The van der Waals surface area contributed by atoms with Crippen molar-refractivity contribution in [2.45, 2.75) is 18.3 Å². The van der Waals surface area contributed by atoms with Gasteiger partial charge in [0.15, 0.2) is 5.69 Å². The van der Waals surface area contributed by atoms with Crippen molar-refractivity contribution in [3.8, 4) is 22.8 Å². The average molecular weight is 418 g/mol. The zero-order chi connectivity index (χ0) is 20.7. The molecule has 0 bridgehead atoms. The fourth-order valence-corrected chi connectivity index (χ4v) is 3.79. The van der Waals surface area contributed by atoms with E-state index in [2.05, 4.69) is 25.6 Å². The maximum Gasteiger partial charge on any atom is 0.280 e. The van der Waals surface area contributed by atoms with Crippen LogP contribution in [0.4, 0.5) is 5.69 Å². The molecule has 1 atom stereocenters. The molecule has 0 fully saturated rings. The van der Waals surface area contributed by atoms with Gasteiger partial charge in [0.05, 0.1) is 5.69 Å². The zero-order valence-electron chi connectivity index (χ0n) is 16.3. The minimum absolute atomic E-state index is 0.191. The number of hydrogen-bond donors (Lipinski definition) is 2. The average Bonchev–Trinajstić information content (AvgIpc) is 2.98. The molecule has 1 aliphatic rings. The van der Waals surface area contributed by atoms with E-state index in [0.717, 1.165) is 16.9 Å². The molecule has 3 heterocycles. The highest BCUT2D eigenvalue weighted by Crippen LogP contribution is 2.39. The summed E-state index contributed by atoms with van der Waals surface area (Å²) in [5.41, 5.74) is 3.89. The van der Waals surface area contributed by atoms with Gasteiger partial charge in [-0.1, -0.05) is 48.2 Å². The number of hydrogen-bond acceptors (Lipinski definition) is 7. The number of fused-ring (bicyclic) bond motifs is 3. The normalized spacial score (nSPS) is 14.8. The highest BCUT2D eigenvalue weighted by molar-refractivity contribution is 7.98. The molecule has 30 heavy (non-hydrogen) atoms. The molecule has 150 valence electrons. The molecule has 9 heteroatoms. The van der Waals surface area contributed by atoms with Crippen molar-refractivity contribution >= 4 is 17.4 Å². The van der Waals surface area contributed by atoms with Crippen molar-refractivity contribution in [1.82, 2.24) is 25.0 Å². The first-order chi connectivity index (χ1) is 14.7. The van der Waals surface area contributed by atoms with Crippen molar-refractivity contribution in [2.24, 2.45) is 0 Å². The van der Waals surface area contributed by atoms with Gasteiger partial charge in [0.1, 0.15) is 5.56 Å². The number of nitrogens with one attached hydrogen (secondary N) is 2. The first-order valence-electron chi connectivity index (χ1n) is 9.34. The maximum absolute atomic E-state index is 13.3. The van der Waals surface area contributed by atoms with Crippen LogP contribution in [0, 0.1) is 6.92 Å². The van der Waals surface area contributed by atoms with Gasteiger partial charge in [-0.15, -0.1) is 10.2 Å². The fraction of sp³-hybridized carbons (Fsp3) is 0.143. The molecule has 2 N–H and O–H groups in total. The summed E-state index contributed by atoms with van der Waals surface area (Å²) in [6, 6.07) is 17.1. The highest BCUT2D eigenvalue weighted by Gasteiger charge is 2.30. The molecule has 0 aliphatic carbocycles. The second-order valence-corrected chi connectivity index (χ2v) is 7.54. The monoisotopic (exact) mass is 418 g/mol. The molecule has 1 aliphatic heterocycles. The summed E-state index contributed by atoms with van der Waals surface area (Å²) in [4.78, 5) is 17.8. The van der Waals surface area contributed by atoms with Gasteiger partial charge in [0, 0.05) is 16.9 Å². The summed E-state index contributed by atoms with van der Waals surface area (Å²) in [7, 11) is 0. The summed E-state index contributed by atoms with van der Waals surface area (Å²) < 4.78 is 7.72. The molecule has 0 amide bonds. The van der Waals surface area contributed by atoms with E-state index < -0.39 is 6.23 Å². The number of aromatic amines is 1. The molecule has 0 unspecified atom stereocenters. The molecule has 0 radical (unpaired) electrons. The zero-order valence-corrected chi connectivity index (χ0v) is 17.1. The van der Waals surface area contributed by atoms with Crippen LogP contribution >= 0.6 is 11.8 Å². The van der Waals surface area contributed by atoms with E-state index in [1.54, 1.807) is 0 Å². The third kappa shape index (κ3) is 3.03. The third-order valence-electron chi connectivity index (χ3n) is 4.91. The van der Waals surface area contributed by atoms with Gasteiger partial charge in [-0.3, -0.25) is 9.89 Å². The molecule has 4 aromatic rings. The van der Waals surface area contributed by atoms with Crippen molar-refractivity contribution in [3.05, 3.63) is 76.2 Å². The van der Waals surface area contributed by atoms with Gasteiger partial charge in [-0.25, -0.2) is 4.68 Å². The van der Waals surface area contributed by atoms with Crippen molar-refractivity contribution in [3.63, 3.8) is 0 Å². The molecule has 0 saturated heterocycles. The van der Waals surface area contributed by atoms with Gasteiger partial charge in [0.2, 0.25) is 17.3 Å². The lowest BCUT2D eigenvalue weighted by atomic mass is 10.1. The molecular formula is C21H18N6O2S. The SMILES string of the molecule is CSc1nnc2c(n1)O[C@H](c1c(C)[nH]n(-c3ccccc3)c1=O)Nc1ccccc1-2. The molecular weight excluding hydrogens is 400 g/mol. The number of anilines is 1. The van der Waals surface area contributed by atoms with Gasteiger partial charge >= 0.3 is 0 Å². The van der Waals surface area contributed by atoms with E-state index in [4.69, 9.17) is 4.74 Å². The largest absolute Gasteiger partial charge is 0.447 e. The number of benzene rings is 2. The summed E-state index contributed by atoms with van der Waals surface area (Å²) in [5.74, 6) is 0.336. The van der Waals surface area contributed by atoms with E-state index >= 15 is 0 Å². The summed E-state index contributed by atoms with van der Waals surface area (Å²) in [6.07, 6.45) is 1.13. The van der Waals surface area contributed by atoms with Crippen LogP contribution < -0.4 is 15.6 Å². The predicted octanol–water partition coefficient (Wildman–Crippen LogP) is 3.55. The Morgan fingerprint density at radius 2 is 1.83 bits per heavy atom.